The fourth-order valence-electron chi connectivity index (χ4n) is 2.57. The largest absolute Gasteiger partial charge is 0.458 e. The first kappa shape index (κ1) is 22.8. The van der Waals surface area contributed by atoms with E-state index < -0.39 is 53.4 Å². The minimum absolute atomic E-state index is 0.259. The second-order valence-corrected chi connectivity index (χ2v) is 6.43. The summed E-state index contributed by atoms with van der Waals surface area (Å²) < 4.78 is 131. The number of rotatable bonds is 4. The van der Waals surface area contributed by atoms with E-state index in [0.29, 0.717) is 11.3 Å². The van der Waals surface area contributed by atoms with Crippen LogP contribution in [-0.2, 0) is 18.3 Å². The van der Waals surface area contributed by atoms with Crippen molar-refractivity contribution in [2.24, 2.45) is 0 Å². The predicted molar refractivity (Wildman–Crippen MR) is 84.7 cm³/mol. The lowest BCUT2D eigenvalue weighted by Gasteiger charge is -2.25. The van der Waals surface area contributed by atoms with Gasteiger partial charge in [-0.2, -0.15) is 43.9 Å². The van der Waals surface area contributed by atoms with Crippen LogP contribution in [0.4, 0.5) is 49.6 Å². The van der Waals surface area contributed by atoms with E-state index in [9.17, 15) is 43.9 Å². The smallest absolute Gasteiger partial charge is 0.399 e. The molecule has 2 N–H and O–H groups in total. The lowest BCUT2D eigenvalue weighted by atomic mass is 9.94. The summed E-state index contributed by atoms with van der Waals surface area (Å²) in [6.07, 6.45) is -12.8. The molecule has 0 aliphatic rings. The maximum atomic E-state index is 13.7. The van der Waals surface area contributed by atoms with Gasteiger partial charge in [0.05, 0.1) is 0 Å². The van der Waals surface area contributed by atoms with Gasteiger partial charge < -0.3 is 5.73 Å². The number of nitrogen functional groups attached to an aromatic ring is 1. The Morgan fingerprint density at radius 1 is 0.655 bits per heavy atom. The quantitative estimate of drug-likeness (QED) is 0.434. The first-order chi connectivity index (χ1) is 13.0. The Morgan fingerprint density at radius 3 is 1.48 bits per heavy atom. The van der Waals surface area contributed by atoms with E-state index in [1.54, 1.807) is 6.92 Å². The third-order valence-electron chi connectivity index (χ3n) is 4.17. The first-order valence-electron chi connectivity index (χ1n) is 7.86. The second kappa shape index (κ2) is 7.10. The normalized spacial score (nSPS) is 13.6. The van der Waals surface area contributed by atoms with Crippen LogP contribution in [0.2, 0.25) is 0 Å². The van der Waals surface area contributed by atoms with Crippen LogP contribution >= 0.6 is 0 Å². The van der Waals surface area contributed by atoms with E-state index in [4.69, 9.17) is 5.73 Å². The highest BCUT2D eigenvalue weighted by atomic mass is 19.4. The molecule has 11 heteroatoms. The molecule has 0 saturated heterocycles. The van der Waals surface area contributed by atoms with Gasteiger partial charge in [0, 0.05) is 16.8 Å². The second-order valence-electron chi connectivity index (χ2n) is 6.43. The molecule has 0 amide bonds. The maximum absolute atomic E-state index is 13.7. The molecule has 0 aliphatic heterocycles. The van der Waals surface area contributed by atoms with Gasteiger partial charge in [0.2, 0.25) is 0 Å². The van der Waals surface area contributed by atoms with Crippen LogP contribution in [0.3, 0.4) is 0 Å². The summed E-state index contributed by atoms with van der Waals surface area (Å²) in [6, 6.07) is 4.18. The first-order valence-corrected chi connectivity index (χ1v) is 7.86. The number of hydrogen-bond donors (Lipinski definition) is 1. The highest BCUT2D eigenvalue weighted by Gasteiger charge is 2.61. The Balaban J connectivity index is 2.66. The lowest BCUT2D eigenvalue weighted by Crippen LogP contribution is -2.36. The Morgan fingerprint density at radius 2 is 1.10 bits per heavy atom. The van der Waals surface area contributed by atoms with E-state index >= 15 is 0 Å². The minimum atomic E-state index is -6.19. The zero-order chi connectivity index (χ0) is 22.4. The van der Waals surface area contributed by atoms with Crippen LogP contribution in [0, 0.1) is 6.92 Å². The molecule has 2 aromatic carbocycles. The van der Waals surface area contributed by atoms with Crippen molar-refractivity contribution in [3.8, 4) is 0 Å². The third kappa shape index (κ3) is 4.43. The van der Waals surface area contributed by atoms with Gasteiger partial charge in [-0.1, -0.05) is 12.1 Å². The van der Waals surface area contributed by atoms with Gasteiger partial charge in [-0.25, -0.2) is 0 Å². The number of anilines is 1. The molecule has 0 fully saturated rings. The molecular formula is C18H13F10N. The molecule has 2 rings (SSSR count). The molecule has 2 aromatic rings. The van der Waals surface area contributed by atoms with Gasteiger partial charge in [0.25, 0.3) is 0 Å². The standard InChI is InChI=1S/C18H13F10N/c1-9-4-10(2-3-14(9)29)5-11-6-12(15(19,20)17(23,24)25)8-13(7-11)16(21,22)18(26,27)28/h2-4,6-8H,5,29H2,1H3. The van der Waals surface area contributed by atoms with Gasteiger partial charge in [0.1, 0.15) is 0 Å². The highest BCUT2D eigenvalue weighted by molar-refractivity contribution is 5.49. The van der Waals surface area contributed by atoms with Crippen LogP contribution in [0.15, 0.2) is 36.4 Å². The van der Waals surface area contributed by atoms with Crippen molar-refractivity contribution in [3.05, 3.63) is 64.2 Å². The van der Waals surface area contributed by atoms with E-state index in [2.05, 4.69) is 0 Å². The van der Waals surface area contributed by atoms with E-state index in [1.807, 2.05) is 0 Å². The topological polar surface area (TPSA) is 26.0 Å². The van der Waals surface area contributed by atoms with Crippen molar-refractivity contribution < 1.29 is 43.9 Å². The number of alkyl halides is 10. The summed E-state index contributed by atoms with van der Waals surface area (Å²) in [5, 5.41) is 0. The summed E-state index contributed by atoms with van der Waals surface area (Å²) in [5.74, 6) is -11.3. The van der Waals surface area contributed by atoms with Crippen LogP contribution in [0.25, 0.3) is 0 Å². The van der Waals surface area contributed by atoms with Gasteiger partial charge in [0.15, 0.2) is 0 Å². The van der Waals surface area contributed by atoms with E-state index in [-0.39, 0.29) is 17.7 Å². The van der Waals surface area contributed by atoms with Crippen molar-refractivity contribution in [3.63, 3.8) is 0 Å². The van der Waals surface area contributed by atoms with Gasteiger partial charge in [-0.15, -0.1) is 0 Å². The molecule has 0 saturated carbocycles. The van der Waals surface area contributed by atoms with E-state index in [0.717, 1.165) is 0 Å². The van der Waals surface area contributed by atoms with Crippen molar-refractivity contribution in [2.45, 2.75) is 37.5 Å². The van der Waals surface area contributed by atoms with Crippen LogP contribution in [-0.4, -0.2) is 12.4 Å². The van der Waals surface area contributed by atoms with Crippen LogP contribution < -0.4 is 5.73 Å². The van der Waals surface area contributed by atoms with Crippen LogP contribution in [0.5, 0.6) is 0 Å². The number of aryl methyl sites for hydroxylation is 1. The van der Waals surface area contributed by atoms with Gasteiger partial charge in [-0.3, -0.25) is 0 Å². The molecule has 29 heavy (non-hydrogen) atoms. The zero-order valence-corrected chi connectivity index (χ0v) is 14.5. The number of benzene rings is 2. The fourth-order valence-corrected chi connectivity index (χ4v) is 2.57. The number of halogens is 10. The van der Waals surface area contributed by atoms with Gasteiger partial charge >= 0.3 is 24.2 Å². The maximum Gasteiger partial charge on any atom is 0.458 e. The Hall–Kier alpha value is -2.46. The Kier molecular flexibility index (Phi) is 5.59. The fraction of sp³-hybridized carbons (Fsp3) is 0.333. The number of hydrogen-bond acceptors (Lipinski definition) is 1. The summed E-state index contributed by atoms with van der Waals surface area (Å²) in [4.78, 5) is 0. The highest BCUT2D eigenvalue weighted by Crippen LogP contribution is 2.48. The molecule has 0 heterocycles. The summed E-state index contributed by atoms with van der Waals surface area (Å²) in [6.45, 7) is 1.55. The number of nitrogens with two attached hydrogens (primary N) is 1. The Labute approximate surface area is 158 Å². The van der Waals surface area contributed by atoms with Gasteiger partial charge in [-0.05, 0) is 54.3 Å². The average molecular weight is 433 g/mol. The lowest BCUT2D eigenvalue weighted by molar-refractivity contribution is -0.292. The average Bonchev–Trinajstić information content (AvgIpc) is 2.56. The SMILES string of the molecule is Cc1cc(Cc2cc(C(F)(F)C(F)(F)F)cc(C(F)(F)C(F)(F)F)c2)ccc1N. The molecule has 0 radical (unpaired) electrons. The van der Waals surface area contributed by atoms with Crippen LogP contribution in [0.1, 0.15) is 27.8 Å². The molecule has 0 bridgehead atoms. The molecular weight excluding hydrogens is 420 g/mol. The summed E-state index contributed by atoms with van der Waals surface area (Å²) in [5.41, 5.74) is 2.10. The molecule has 1 nitrogen and oxygen atoms in total. The predicted octanol–water partition coefficient (Wildman–Crippen LogP) is 6.48. The molecule has 0 aliphatic carbocycles. The van der Waals surface area contributed by atoms with Crippen molar-refractivity contribution >= 4 is 5.69 Å². The molecule has 0 atom stereocenters. The molecule has 0 aromatic heterocycles. The van der Waals surface area contributed by atoms with Crippen molar-refractivity contribution in [1.29, 1.82) is 0 Å². The zero-order valence-electron chi connectivity index (χ0n) is 14.5. The summed E-state index contributed by atoms with van der Waals surface area (Å²) >= 11 is 0. The van der Waals surface area contributed by atoms with Crippen molar-refractivity contribution in [1.82, 2.24) is 0 Å². The molecule has 0 spiro atoms. The van der Waals surface area contributed by atoms with Crippen molar-refractivity contribution in [2.75, 3.05) is 5.73 Å². The Bertz CT molecular complexity index is 852. The molecule has 0 unspecified atom stereocenters. The summed E-state index contributed by atoms with van der Waals surface area (Å²) in [7, 11) is 0. The van der Waals surface area contributed by atoms with E-state index in [1.165, 1.54) is 18.2 Å². The molecule has 160 valence electrons. The monoisotopic (exact) mass is 433 g/mol. The minimum Gasteiger partial charge on any atom is -0.399 e. The third-order valence-corrected chi connectivity index (χ3v) is 4.17.